The highest BCUT2D eigenvalue weighted by atomic mass is 32.1. The van der Waals surface area contributed by atoms with Gasteiger partial charge in [0.25, 0.3) is 5.56 Å². The molecule has 0 N–H and O–H groups in total. The van der Waals surface area contributed by atoms with Gasteiger partial charge in [0.05, 0.1) is 6.54 Å². The van der Waals surface area contributed by atoms with E-state index in [1.165, 1.54) is 21.6 Å². The summed E-state index contributed by atoms with van der Waals surface area (Å²) < 4.78 is 2.08. The Labute approximate surface area is 142 Å². The lowest BCUT2D eigenvalue weighted by molar-refractivity contribution is 0.551. The number of hydrogen-bond donors (Lipinski definition) is 0. The van der Waals surface area contributed by atoms with Crippen LogP contribution in [0.25, 0.3) is 20.4 Å². The molecule has 0 atom stereocenters. The summed E-state index contributed by atoms with van der Waals surface area (Å²) in [4.78, 5) is 18.2. The van der Waals surface area contributed by atoms with Crippen LogP contribution in [0.3, 0.4) is 0 Å². The molecule has 0 saturated carbocycles. The molecular formula is C18H16N4OS. The number of nitrogens with zero attached hydrogens (tertiary/aromatic N) is 4. The molecule has 1 aromatic carbocycles. The zero-order valence-corrected chi connectivity index (χ0v) is 14.3. The predicted molar refractivity (Wildman–Crippen MR) is 96.6 cm³/mol. The van der Waals surface area contributed by atoms with Crippen LogP contribution in [0.1, 0.15) is 16.8 Å². The third-order valence-electron chi connectivity index (χ3n) is 4.24. The van der Waals surface area contributed by atoms with Gasteiger partial charge in [0.1, 0.15) is 15.0 Å². The molecule has 4 aromatic rings. The van der Waals surface area contributed by atoms with Crippen molar-refractivity contribution in [2.75, 3.05) is 0 Å². The maximum Gasteiger partial charge on any atom is 0.287 e. The Morgan fingerprint density at radius 2 is 1.96 bits per heavy atom. The number of benzene rings is 1. The highest BCUT2D eigenvalue weighted by Gasteiger charge is 2.14. The molecule has 6 heteroatoms. The molecule has 0 unspecified atom stereocenters. The molecule has 5 nitrogen and oxygen atoms in total. The van der Waals surface area contributed by atoms with Crippen molar-refractivity contribution < 1.29 is 0 Å². The van der Waals surface area contributed by atoms with E-state index in [-0.39, 0.29) is 5.56 Å². The first kappa shape index (κ1) is 15.0. The van der Waals surface area contributed by atoms with Crippen molar-refractivity contribution in [1.82, 2.24) is 20.0 Å². The van der Waals surface area contributed by atoms with Crippen molar-refractivity contribution >= 4 is 31.8 Å². The van der Waals surface area contributed by atoms with Gasteiger partial charge in [-0.1, -0.05) is 35.5 Å². The summed E-state index contributed by atoms with van der Waals surface area (Å²) in [7, 11) is 0. The molecule has 0 aliphatic rings. The molecule has 0 fully saturated rings. The minimum atomic E-state index is -0.0887. The van der Waals surface area contributed by atoms with E-state index in [1.54, 1.807) is 0 Å². The van der Waals surface area contributed by atoms with Crippen molar-refractivity contribution in [2.24, 2.45) is 0 Å². The Balaban J connectivity index is 1.77. The van der Waals surface area contributed by atoms with E-state index in [0.29, 0.717) is 16.8 Å². The van der Waals surface area contributed by atoms with Gasteiger partial charge in [-0.3, -0.25) is 4.79 Å². The number of aromatic nitrogens is 4. The molecule has 0 saturated heterocycles. The van der Waals surface area contributed by atoms with Crippen LogP contribution in [0.5, 0.6) is 0 Å². The molecule has 3 aromatic heterocycles. The standard InChI is InChI=1S/C18H16N4OS/c1-11-10-14-15-16(24-17(14)19-12(11)2)18(23)22(21-20-15)9-8-13-6-4-3-5-7-13/h3-7,10H,8-9H2,1-2H3. The molecule has 24 heavy (non-hydrogen) atoms. The highest BCUT2D eigenvalue weighted by molar-refractivity contribution is 7.25. The third-order valence-corrected chi connectivity index (χ3v) is 5.31. The van der Waals surface area contributed by atoms with Gasteiger partial charge >= 0.3 is 0 Å². The number of hydrogen-bond acceptors (Lipinski definition) is 5. The number of aryl methyl sites for hydroxylation is 4. The lowest BCUT2D eigenvalue weighted by Gasteiger charge is -2.03. The monoisotopic (exact) mass is 336 g/mol. The second kappa shape index (κ2) is 5.79. The molecule has 3 heterocycles. The predicted octanol–water partition coefficient (Wildman–Crippen LogP) is 3.26. The fourth-order valence-electron chi connectivity index (χ4n) is 2.72. The topological polar surface area (TPSA) is 60.7 Å². The Morgan fingerprint density at radius 1 is 1.17 bits per heavy atom. The fraction of sp³-hybridized carbons (Fsp3) is 0.222. The van der Waals surface area contributed by atoms with Gasteiger partial charge in [0.15, 0.2) is 0 Å². The first-order chi connectivity index (χ1) is 11.6. The van der Waals surface area contributed by atoms with Crippen LogP contribution in [-0.2, 0) is 13.0 Å². The molecule has 4 rings (SSSR count). The first-order valence-corrected chi connectivity index (χ1v) is 8.63. The SMILES string of the molecule is Cc1cc2c(nc1C)sc1c(=O)n(CCc3ccccc3)nnc12. The quantitative estimate of drug-likeness (QED) is 0.576. The van der Waals surface area contributed by atoms with Crippen LogP contribution in [0.4, 0.5) is 0 Å². The minimum Gasteiger partial charge on any atom is -0.266 e. The Morgan fingerprint density at radius 3 is 2.75 bits per heavy atom. The van der Waals surface area contributed by atoms with Crippen molar-refractivity contribution in [3.05, 3.63) is 63.6 Å². The van der Waals surface area contributed by atoms with Gasteiger partial charge in [-0.2, -0.15) is 0 Å². The van der Waals surface area contributed by atoms with Crippen LogP contribution < -0.4 is 5.56 Å². The summed E-state index contributed by atoms with van der Waals surface area (Å²) in [6.07, 6.45) is 0.752. The van der Waals surface area contributed by atoms with Crippen LogP contribution >= 0.6 is 11.3 Å². The van der Waals surface area contributed by atoms with Gasteiger partial charge in [0, 0.05) is 11.1 Å². The maximum atomic E-state index is 12.7. The van der Waals surface area contributed by atoms with Crippen molar-refractivity contribution in [1.29, 1.82) is 0 Å². The van der Waals surface area contributed by atoms with Gasteiger partial charge in [-0.15, -0.1) is 16.4 Å². The molecule has 0 radical (unpaired) electrons. The Kier molecular flexibility index (Phi) is 3.61. The Bertz CT molecular complexity index is 1100. The van der Waals surface area contributed by atoms with E-state index in [4.69, 9.17) is 0 Å². The molecule has 0 aliphatic carbocycles. The minimum absolute atomic E-state index is 0.0887. The molecular weight excluding hydrogens is 320 g/mol. The van der Waals surface area contributed by atoms with E-state index < -0.39 is 0 Å². The first-order valence-electron chi connectivity index (χ1n) is 7.81. The molecule has 0 bridgehead atoms. The summed E-state index contributed by atoms with van der Waals surface area (Å²) in [6.45, 7) is 4.51. The molecule has 120 valence electrons. The summed E-state index contributed by atoms with van der Waals surface area (Å²) in [6, 6.07) is 12.1. The van der Waals surface area contributed by atoms with Crippen molar-refractivity contribution in [3.63, 3.8) is 0 Å². The van der Waals surface area contributed by atoms with Crippen LogP contribution in [0, 0.1) is 13.8 Å². The molecule has 0 spiro atoms. The van der Waals surface area contributed by atoms with Gasteiger partial charge < -0.3 is 0 Å². The van der Waals surface area contributed by atoms with Crippen LogP contribution in [0.15, 0.2) is 41.2 Å². The second-order valence-corrected chi connectivity index (χ2v) is 6.88. The van der Waals surface area contributed by atoms with Crippen molar-refractivity contribution in [2.45, 2.75) is 26.8 Å². The van der Waals surface area contributed by atoms with Gasteiger partial charge in [-0.05, 0) is 37.5 Å². The summed E-state index contributed by atoms with van der Waals surface area (Å²) in [5.41, 5.74) is 3.82. The van der Waals surface area contributed by atoms with Crippen LogP contribution in [0.2, 0.25) is 0 Å². The summed E-state index contributed by atoms with van der Waals surface area (Å²) >= 11 is 1.40. The maximum absolute atomic E-state index is 12.7. The van der Waals surface area contributed by atoms with E-state index in [0.717, 1.165) is 27.9 Å². The number of pyridine rings is 1. The van der Waals surface area contributed by atoms with Crippen LogP contribution in [-0.4, -0.2) is 20.0 Å². The Hall–Kier alpha value is -2.60. The normalized spacial score (nSPS) is 11.4. The zero-order valence-electron chi connectivity index (χ0n) is 13.5. The fourth-order valence-corrected chi connectivity index (χ4v) is 3.81. The third kappa shape index (κ3) is 2.49. The lowest BCUT2D eigenvalue weighted by Crippen LogP contribution is -2.24. The lowest BCUT2D eigenvalue weighted by atomic mass is 10.1. The smallest absolute Gasteiger partial charge is 0.266 e. The zero-order chi connectivity index (χ0) is 16.7. The molecule has 0 amide bonds. The largest absolute Gasteiger partial charge is 0.287 e. The molecule has 0 aliphatic heterocycles. The average molecular weight is 336 g/mol. The highest BCUT2D eigenvalue weighted by Crippen LogP contribution is 2.29. The van der Waals surface area contributed by atoms with Crippen molar-refractivity contribution in [3.8, 4) is 0 Å². The van der Waals surface area contributed by atoms with E-state index in [9.17, 15) is 4.79 Å². The second-order valence-electron chi connectivity index (χ2n) is 5.88. The summed E-state index contributed by atoms with van der Waals surface area (Å²) in [5.74, 6) is 0. The van der Waals surface area contributed by atoms with E-state index in [2.05, 4.69) is 15.3 Å². The number of thiophene rings is 1. The number of rotatable bonds is 3. The van der Waals surface area contributed by atoms with E-state index in [1.807, 2.05) is 50.2 Å². The van der Waals surface area contributed by atoms with Gasteiger partial charge in [-0.25, -0.2) is 9.67 Å². The average Bonchev–Trinajstić information content (AvgIpc) is 2.94. The van der Waals surface area contributed by atoms with E-state index >= 15 is 0 Å². The van der Waals surface area contributed by atoms with Gasteiger partial charge in [0.2, 0.25) is 0 Å². The number of fused-ring (bicyclic) bond motifs is 3. The summed E-state index contributed by atoms with van der Waals surface area (Å²) in [5, 5.41) is 9.34.